The molecule has 0 aromatic carbocycles. The Balaban J connectivity index is 2.01. The summed E-state index contributed by atoms with van der Waals surface area (Å²) in [7, 11) is 0. The lowest BCUT2D eigenvalue weighted by Crippen LogP contribution is -2.62. The van der Waals surface area contributed by atoms with E-state index in [-0.39, 0.29) is 6.61 Å². The van der Waals surface area contributed by atoms with Gasteiger partial charge in [0.25, 0.3) is 0 Å². The highest BCUT2D eigenvalue weighted by molar-refractivity contribution is 4.91. The molecule has 10 heteroatoms. The molecule has 0 amide bonds. The van der Waals surface area contributed by atoms with E-state index >= 15 is 0 Å². The van der Waals surface area contributed by atoms with E-state index in [1.165, 1.54) is 0 Å². The van der Waals surface area contributed by atoms with Crippen molar-refractivity contribution in [1.82, 2.24) is 0 Å². The molecular weight excluding hydrogens is 292 g/mol. The van der Waals surface area contributed by atoms with Crippen LogP contribution in [0.4, 0.5) is 0 Å². The van der Waals surface area contributed by atoms with Crippen LogP contribution in [0.15, 0.2) is 0 Å². The van der Waals surface area contributed by atoms with Crippen LogP contribution in [0, 0.1) is 0 Å². The zero-order valence-corrected chi connectivity index (χ0v) is 11.0. The summed E-state index contributed by atoms with van der Waals surface area (Å²) in [5.41, 5.74) is 0. The van der Waals surface area contributed by atoms with E-state index in [1.54, 1.807) is 0 Å². The fourth-order valence-electron chi connectivity index (χ4n) is 2.27. The SMILES string of the molecule is OC[C@H]1OC(O)[C@@H](O[C@@H]2OC[C@@H](O)[C@H](O)[C@H]2O)[C@@H](O)[C@@H]1O. The molecule has 2 rings (SSSR count). The molecule has 2 saturated heterocycles. The normalized spacial score (nSPS) is 51.9. The lowest BCUT2D eigenvalue weighted by molar-refractivity contribution is -0.349. The maximum atomic E-state index is 9.87. The fourth-order valence-corrected chi connectivity index (χ4v) is 2.27. The molecule has 7 N–H and O–H groups in total. The maximum absolute atomic E-state index is 9.87. The van der Waals surface area contributed by atoms with Gasteiger partial charge in [0.1, 0.15) is 42.7 Å². The average molecular weight is 312 g/mol. The van der Waals surface area contributed by atoms with Crippen LogP contribution in [0.3, 0.4) is 0 Å². The van der Waals surface area contributed by atoms with Crippen LogP contribution in [0.1, 0.15) is 0 Å². The summed E-state index contributed by atoms with van der Waals surface area (Å²) >= 11 is 0. The molecule has 10 nitrogen and oxygen atoms in total. The molecule has 124 valence electrons. The highest BCUT2D eigenvalue weighted by atomic mass is 16.7. The van der Waals surface area contributed by atoms with Crippen molar-refractivity contribution in [2.45, 2.75) is 55.3 Å². The number of hydrogen-bond donors (Lipinski definition) is 7. The second-order valence-electron chi connectivity index (χ2n) is 5.08. The van der Waals surface area contributed by atoms with Gasteiger partial charge in [0.05, 0.1) is 13.2 Å². The second-order valence-corrected chi connectivity index (χ2v) is 5.08. The number of rotatable bonds is 3. The first-order valence-electron chi connectivity index (χ1n) is 6.48. The molecule has 9 atom stereocenters. The zero-order chi connectivity index (χ0) is 15.7. The number of hydrogen-bond acceptors (Lipinski definition) is 10. The van der Waals surface area contributed by atoms with Crippen LogP contribution in [0.25, 0.3) is 0 Å². The van der Waals surface area contributed by atoms with E-state index in [1.807, 2.05) is 0 Å². The van der Waals surface area contributed by atoms with Crippen LogP contribution in [-0.2, 0) is 14.2 Å². The van der Waals surface area contributed by atoms with Gasteiger partial charge in [-0.25, -0.2) is 0 Å². The molecule has 1 unspecified atom stereocenters. The van der Waals surface area contributed by atoms with E-state index in [0.29, 0.717) is 0 Å². The van der Waals surface area contributed by atoms with Gasteiger partial charge in [-0.1, -0.05) is 0 Å². The first-order chi connectivity index (χ1) is 9.86. The highest BCUT2D eigenvalue weighted by Gasteiger charge is 2.48. The molecule has 0 bridgehead atoms. The predicted octanol–water partition coefficient (Wildman–Crippen LogP) is -4.76. The second kappa shape index (κ2) is 6.79. The summed E-state index contributed by atoms with van der Waals surface area (Å²) < 4.78 is 15.0. The summed E-state index contributed by atoms with van der Waals surface area (Å²) in [5, 5.41) is 66.7. The summed E-state index contributed by atoms with van der Waals surface area (Å²) in [6, 6.07) is 0. The van der Waals surface area contributed by atoms with E-state index in [9.17, 15) is 30.6 Å². The van der Waals surface area contributed by atoms with E-state index in [2.05, 4.69) is 0 Å². The maximum Gasteiger partial charge on any atom is 0.186 e. The molecule has 0 saturated carbocycles. The molecule has 0 aliphatic carbocycles. The van der Waals surface area contributed by atoms with Gasteiger partial charge in [0.15, 0.2) is 12.6 Å². The average Bonchev–Trinajstić information content (AvgIpc) is 2.47. The Morgan fingerprint density at radius 1 is 0.905 bits per heavy atom. The number of ether oxygens (including phenoxy) is 3. The largest absolute Gasteiger partial charge is 0.394 e. The van der Waals surface area contributed by atoms with Gasteiger partial charge in [-0.05, 0) is 0 Å². The van der Waals surface area contributed by atoms with Gasteiger partial charge in [-0.2, -0.15) is 0 Å². The minimum atomic E-state index is -1.68. The Morgan fingerprint density at radius 3 is 2.19 bits per heavy atom. The minimum absolute atomic E-state index is 0.315. The van der Waals surface area contributed by atoms with Gasteiger partial charge in [-0.3, -0.25) is 0 Å². The Bertz CT molecular complexity index is 341. The third kappa shape index (κ3) is 3.35. The number of aliphatic hydroxyl groups is 7. The number of aliphatic hydroxyl groups excluding tert-OH is 7. The van der Waals surface area contributed by atoms with Crippen LogP contribution < -0.4 is 0 Å². The van der Waals surface area contributed by atoms with Crippen LogP contribution >= 0.6 is 0 Å². The first kappa shape index (κ1) is 17.0. The molecule has 2 aliphatic heterocycles. The van der Waals surface area contributed by atoms with Gasteiger partial charge in [0.2, 0.25) is 0 Å². The lowest BCUT2D eigenvalue weighted by Gasteiger charge is -2.43. The lowest BCUT2D eigenvalue weighted by atomic mass is 9.98. The van der Waals surface area contributed by atoms with Gasteiger partial charge < -0.3 is 50.0 Å². The van der Waals surface area contributed by atoms with Crippen molar-refractivity contribution in [1.29, 1.82) is 0 Å². The van der Waals surface area contributed by atoms with Crippen molar-refractivity contribution in [3.05, 3.63) is 0 Å². The molecule has 0 aromatic rings. The molecule has 2 aliphatic rings. The molecule has 2 heterocycles. The summed E-state index contributed by atoms with van der Waals surface area (Å²) in [6.45, 7) is -0.931. The molecule has 21 heavy (non-hydrogen) atoms. The Morgan fingerprint density at radius 2 is 1.57 bits per heavy atom. The van der Waals surface area contributed by atoms with Crippen LogP contribution in [0.2, 0.25) is 0 Å². The monoisotopic (exact) mass is 312 g/mol. The van der Waals surface area contributed by atoms with Crippen LogP contribution in [0.5, 0.6) is 0 Å². The predicted molar refractivity (Wildman–Crippen MR) is 62.6 cm³/mol. The quantitative estimate of drug-likeness (QED) is 0.268. The van der Waals surface area contributed by atoms with Crippen molar-refractivity contribution in [3.63, 3.8) is 0 Å². The Labute approximate surface area is 119 Å². The third-order valence-corrected chi connectivity index (χ3v) is 3.59. The standard InChI is InChI=1S/C11H20O10/c12-1-4-6(15)7(16)9(10(18)20-4)21-11-8(17)5(14)3(13)2-19-11/h3-18H,1-2H2/t3-,4-,5+,6-,7+,8-,9+,10?,11+/m1/s1. The topological polar surface area (TPSA) is 169 Å². The van der Waals surface area contributed by atoms with Crippen molar-refractivity contribution < 1.29 is 50.0 Å². The van der Waals surface area contributed by atoms with Crippen molar-refractivity contribution in [2.75, 3.05) is 13.2 Å². The zero-order valence-electron chi connectivity index (χ0n) is 11.0. The summed E-state index contributed by atoms with van der Waals surface area (Å²) in [6.07, 6.45) is -13.3. The van der Waals surface area contributed by atoms with Crippen molar-refractivity contribution in [2.24, 2.45) is 0 Å². The molecule has 2 fully saturated rings. The Hall–Kier alpha value is -0.400. The Kier molecular flexibility index (Phi) is 5.48. The summed E-state index contributed by atoms with van der Waals surface area (Å²) in [4.78, 5) is 0. The molecule has 0 spiro atoms. The van der Waals surface area contributed by atoms with E-state index in [4.69, 9.17) is 19.3 Å². The van der Waals surface area contributed by atoms with Crippen molar-refractivity contribution >= 4 is 0 Å². The smallest absolute Gasteiger partial charge is 0.186 e. The molecule has 0 radical (unpaired) electrons. The van der Waals surface area contributed by atoms with Gasteiger partial charge in [-0.15, -0.1) is 0 Å². The van der Waals surface area contributed by atoms with E-state index in [0.717, 1.165) is 0 Å². The van der Waals surface area contributed by atoms with Gasteiger partial charge >= 0.3 is 0 Å². The highest BCUT2D eigenvalue weighted by Crippen LogP contribution is 2.26. The van der Waals surface area contributed by atoms with Gasteiger partial charge in [0, 0.05) is 0 Å². The molecule has 0 aromatic heterocycles. The molecular formula is C11H20O10. The fraction of sp³-hybridized carbons (Fsp3) is 1.00. The summed E-state index contributed by atoms with van der Waals surface area (Å²) in [5.74, 6) is 0. The minimum Gasteiger partial charge on any atom is -0.394 e. The van der Waals surface area contributed by atoms with Crippen LogP contribution in [-0.4, -0.2) is 104 Å². The van der Waals surface area contributed by atoms with Crippen molar-refractivity contribution in [3.8, 4) is 0 Å². The third-order valence-electron chi connectivity index (χ3n) is 3.59. The first-order valence-corrected chi connectivity index (χ1v) is 6.48. The van der Waals surface area contributed by atoms with E-state index < -0.39 is 61.9 Å².